The molecule has 166 valence electrons. The van der Waals surface area contributed by atoms with E-state index in [9.17, 15) is 14.4 Å². The number of hydrogen-bond acceptors (Lipinski definition) is 4. The molecule has 5 rings (SSSR count). The molecule has 1 aromatic rings. The third kappa shape index (κ3) is 3.44. The van der Waals surface area contributed by atoms with Crippen molar-refractivity contribution in [2.24, 2.45) is 5.92 Å². The predicted octanol–water partition coefficient (Wildman–Crippen LogP) is 3.43. The Morgan fingerprint density at radius 1 is 1.03 bits per heavy atom. The van der Waals surface area contributed by atoms with Gasteiger partial charge in [-0.2, -0.15) is 0 Å². The summed E-state index contributed by atoms with van der Waals surface area (Å²) in [5, 5.41) is 0. The second-order valence-corrected chi connectivity index (χ2v) is 9.90. The van der Waals surface area contributed by atoms with E-state index in [1.165, 1.54) is 17.7 Å². The van der Waals surface area contributed by atoms with Gasteiger partial charge < -0.3 is 9.64 Å². The number of ether oxygens (including phenoxy) is 1. The minimum absolute atomic E-state index is 0.0128. The van der Waals surface area contributed by atoms with Crippen LogP contribution in [0, 0.1) is 5.92 Å². The van der Waals surface area contributed by atoms with Gasteiger partial charge in [0.2, 0.25) is 17.7 Å². The fourth-order valence-electron chi connectivity index (χ4n) is 6.47. The van der Waals surface area contributed by atoms with Crippen LogP contribution in [-0.2, 0) is 19.8 Å². The first-order valence-corrected chi connectivity index (χ1v) is 11.8. The van der Waals surface area contributed by atoms with Crippen molar-refractivity contribution in [1.29, 1.82) is 0 Å². The molecule has 2 saturated heterocycles. The monoisotopic (exact) mass is 424 g/mol. The van der Waals surface area contributed by atoms with Crippen LogP contribution < -0.4 is 4.74 Å². The molecular weight excluding hydrogens is 392 g/mol. The van der Waals surface area contributed by atoms with Crippen LogP contribution in [0.15, 0.2) is 24.3 Å². The van der Waals surface area contributed by atoms with Gasteiger partial charge >= 0.3 is 0 Å². The van der Waals surface area contributed by atoms with E-state index < -0.39 is 5.41 Å². The summed E-state index contributed by atoms with van der Waals surface area (Å²) in [4.78, 5) is 44.1. The van der Waals surface area contributed by atoms with Gasteiger partial charge in [0.15, 0.2) is 0 Å². The summed E-state index contributed by atoms with van der Waals surface area (Å²) in [5.41, 5.74) is -0.345. The maximum Gasteiger partial charge on any atom is 0.241 e. The smallest absolute Gasteiger partial charge is 0.241 e. The molecule has 31 heavy (non-hydrogen) atoms. The van der Waals surface area contributed by atoms with E-state index in [0.717, 1.165) is 50.6 Å². The molecule has 2 bridgehead atoms. The van der Waals surface area contributed by atoms with E-state index in [4.69, 9.17) is 4.74 Å². The van der Waals surface area contributed by atoms with Crippen molar-refractivity contribution < 1.29 is 19.1 Å². The molecule has 4 aliphatic rings. The van der Waals surface area contributed by atoms with Gasteiger partial charge in [0, 0.05) is 31.5 Å². The van der Waals surface area contributed by atoms with Gasteiger partial charge in [0.05, 0.1) is 12.5 Å². The number of rotatable bonds is 5. The zero-order valence-electron chi connectivity index (χ0n) is 18.3. The van der Waals surface area contributed by atoms with Crippen molar-refractivity contribution in [1.82, 2.24) is 9.80 Å². The van der Waals surface area contributed by atoms with E-state index in [0.29, 0.717) is 17.7 Å². The number of carbonyl (C=O) groups excluding carboxylic acids is 3. The molecule has 2 aliphatic carbocycles. The van der Waals surface area contributed by atoms with Crippen LogP contribution in [0.1, 0.15) is 69.8 Å². The van der Waals surface area contributed by atoms with Crippen molar-refractivity contribution in [3.63, 3.8) is 0 Å². The Hall–Kier alpha value is -2.37. The maximum absolute atomic E-state index is 13.9. The molecule has 0 spiro atoms. The van der Waals surface area contributed by atoms with Crippen LogP contribution in [0.3, 0.4) is 0 Å². The molecule has 2 heterocycles. The van der Waals surface area contributed by atoms with Gasteiger partial charge in [-0.05, 0) is 55.7 Å². The highest BCUT2D eigenvalue weighted by Gasteiger charge is 2.56. The molecule has 3 atom stereocenters. The van der Waals surface area contributed by atoms with Crippen molar-refractivity contribution in [2.75, 3.05) is 13.7 Å². The highest BCUT2D eigenvalue weighted by atomic mass is 16.5. The summed E-state index contributed by atoms with van der Waals surface area (Å²) < 4.78 is 5.29. The molecule has 2 saturated carbocycles. The highest BCUT2D eigenvalue weighted by molar-refractivity contribution is 6.11. The maximum atomic E-state index is 13.9. The number of fused-ring (bicyclic) bond motifs is 2. The molecule has 3 amide bonds. The Kier molecular flexibility index (Phi) is 5.27. The summed E-state index contributed by atoms with van der Waals surface area (Å²) in [6.07, 6.45) is 8.52. The second-order valence-electron chi connectivity index (χ2n) is 9.90. The molecule has 6 nitrogen and oxygen atoms in total. The number of methoxy groups -OCH3 is 1. The first-order valence-electron chi connectivity index (χ1n) is 11.8. The van der Waals surface area contributed by atoms with Crippen molar-refractivity contribution in [2.45, 2.75) is 81.7 Å². The number of nitrogens with zero attached hydrogens (tertiary/aromatic N) is 2. The van der Waals surface area contributed by atoms with Gasteiger partial charge in [-0.3, -0.25) is 19.3 Å². The van der Waals surface area contributed by atoms with Crippen LogP contribution in [0.2, 0.25) is 0 Å². The van der Waals surface area contributed by atoms with E-state index in [2.05, 4.69) is 0 Å². The number of amides is 3. The Morgan fingerprint density at radius 2 is 1.74 bits per heavy atom. The minimum Gasteiger partial charge on any atom is -0.497 e. The lowest BCUT2D eigenvalue weighted by Gasteiger charge is -2.32. The number of imide groups is 1. The van der Waals surface area contributed by atoms with E-state index >= 15 is 0 Å². The number of hydrogen-bond donors (Lipinski definition) is 0. The largest absolute Gasteiger partial charge is 0.497 e. The molecule has 0 N–H and O–H groups in total. The lowest BCUT2D eigenvalue weighted by Crippen LogP contribution is -2.46. The Labute approximate surface area is 183 Å². The van der Waals surface area contributed by atoms with Gasteiger partial charge in [-0.25, -0.2) is 0 Å². The SMILES string of the molecule is COc1ccc([C@@]2(CC(=O)N3C[C@H]4CCC[C@@H]3C4)CC(=O)N(C3CCCC3)C2=O)cc1. The molecule has 6 heteroatoms. The van der Waals surface area contributed by atoms with Gasteiger partial charge in [-0.1, -0.05) is 31.4 Å². The summed E-state index contributed by atoms with van der Waals surface area (Å²) in [5.74, 6) is 1.02. The summed E-state index contributed by atoms with van der Waals surface area (Å²) >= 11 is 0. The molecular formula is C25H32N2O4. The molecule has 1 aromatic carbocycles. The van der Waals surface area contributed by atoms with E-state index in [-0.39, 0.29) is 36.6 Å². The Morgan fingerprint density at radius 3 is 2.42 bits per heavy atom. The van der Waals surface area contributed by atoms with Crippen molar-refractivity contribution in [3.05, 3.63) is 29.8 Å². The molecule has 4 fully saturated rings. The highest BCUT2D eigenvalue weighted by Crippen LogP contribution is 2.45. The lowest BCUT2D eigenvalue weighted by molar-refractivity contribution is -0.145. The standard InChI is InChI=1S/C25H32N2O4/c1-31-21-11-9-18(10-12-21)25(14-22(28)26-16-17-5-4-8-20(26)13-17)15-23(29)27(24(25)30)19-6-2-3-7-19/h9-12,17,19-20H,2-8,13-16H2,1H3/t17-,20+,25+/m0/s1. The average molecular weight is 425 g/mol. The summed E-state index contributed by atoms with van der Waals surface area (Å²) in [6, 6.07) is 7.65. The van der Waals surface area contributed by atoms with Crippen molar-refractivity contribution >= 4 is 17.7 Å². The zero-order chi connectivity index (χ0) is 21.6. The van der Waals surface area contributed by atoms with Crippen LogP contribution in [-0.4, -0.2) is 53.3 Å². The van der Waals surface area contributed by atoms with E-state index in [1.54, 1.807) is 7.11 Å². The molecule has 0 unspecified atom stereocenters. The van der Waals surface area contributed by atoms with Crippen LogP contribution in [0.4, 0.5) is 0 Å². The molecule has 0 radical (unpaired) electrons. The third-order valence-corrected chi connectivity index (χ3v) is 8.11. The average Bonchev–Trinajstić information content (AvgIpc) is 3.46. The first kappa shape index (κ1) is 20.5. The number of benzene rings is 1. The summed E-state index contributed by atoms with van der Waals surface area (Å²) in [7, 11) is 1.60. The van der Waals surface area contributed by atoms with Gasteiger partial charge in [0.25, 0.3) is 0 Å². The summed E-state index contributed by atoms with van der Waals surface area (Å²) in [6.45, 7) is 0.802. The topological polar surface area (TPSA) is 66.9 Å². The first-order chi connectivity index (χ1) is 15.0. The fourth-order valence-corrected chi connectivity index (χ4v) is 6.47. The fraction of sp³-hybridized carbons (Fsp3) is 0.640. The third-order valence-electron chi connectivity index (χ3n) is 8.11. The second kappa shape index (κ2) is 7.95. The minimum atomic E-state index is -1.10. The predicted molar refractivity (Wildman–Crippen MR) is 115 cm³/mol. The molecule has 0 aromatic heterocycles. The van der Waals surface area contributed by atoms with Gasteiger partial charge in [-0.15, -0.1) is 0 Å². The zero-order valence-corrected chi connectivity index (χ0v) is 18.3. The quantitative estimate of drug-likeness (QED) is 0.680. The molecule has 2 aliphatic heterocycles. The van der Waals surface area contributed by atoms with Gasteiger partial charge in [0.1, 0.15) is 5.75 Å². The van der Waals surface area contributed by atoms with Crippen LogP contribution in [0.5, 0.6) is 5.75 Å². The number of carbonyl (C=O) groups is 3. The lowest BCUT2D eigenvalue weighted by atomic mass is 9.75. The Bertz CT molecular complexity index is 876. The van der Waals surface area contributed by atoms with E-state index in [1.807, 2.05) is 29.2 Å². The van der Waals surface area contributed by atoms with Crippen molar-refractivity contribution in [3.8, 4) is 5.75 Å². The number of likely N-dealkylation sites (tertiary alicyclic amines) is 2. The normalized spacial score (nSPS) is 31.0. The Balaban J connectivity index is 1.48. The van der Waals surface area contributed by atoms with Crippen LogP contribution >= 0.6 is 0 Å². The van der Waals surface area contributed by atoms with Crippen LogP contribution in [0.25, 0.3) is 0 Å².